The third kappa shape index (κ3) is 20.4. The van der Waals surface area contributed by atoms with E-state index in [1.165, 1.54) is 62.3 Å². The molecule has 4 bridgehead atoms. The number of amides is 8. The summed E-state index contributed by atoms with van der Waals surface area (Å²) in [6.07, 6.45) is 4.30. The Morgan fingerprint density at radius 3 is 2.31 bits per heavy atom. The molecule has 5 rings (SSSR count). The molecule has 2 aromatic rings. The van der Waals surface area contributed by atoms with Gasteiger partial charge in [-0.1, -0.05) is 94.5 Å². The number of aliphatic hydroxyl groups is 1. The number of ether oxygens (including phenoxy) is 6. The second-order valence-corrected chi connectivity index (χ2v) is 24.7. The number of esters is 1. The highest BCUT2D eigenvalue weighted by atomic mass is 79.9. The predicted molar refractivity (Wildman–Crippen MR) is 339 cm³/mol. The van der Waals surface area contributed by atoms with Gasteiger partial charge < -0.3 is 75.6 Å². The maximum absolute atomic E-state index is 14.6. The molecule has 0 spiro atoms. The van der Waals surface area contributed by atoms with Crippen LogP contribution in [0.1, 0.15) is 109 Å². The van der Waals surface area contributed by atoms with Gasteiger partial charge >= 0.3 is 12.0 Å². The number of anilines is 2. The predicted octanol–water partition coefficient (Wildman–Crippen LogP) is 5.74. The van der Waals surface area contributed by atoms with Gasteiger partial charge in [-0.25, -0.2) is 9.59 Å². The molecular weight excluding hydrogens is 1290 g/mol. The zero-order valence-electron chi connectivity index (χ0n) is 51.8. The maximum Gasteiger partial charge on any atom is 0.328 e. The lowest BCUT2D eigenvalue weighted by molar-refractivity contribution is -0.198. The summed E-state index contributed by atoms with van der Waals surface area (Å²) >= 11 is 13.5. The van der Waals surface area contributed by atoms with E-state index in [4.69, 9.17) is 45.8 Å². The molecule has 8 amide bonds. The van der Waals surface area contributed by atoms with E-state index in [0.29, 0.717) is 54.3 Å². The number of primary amides is 1. The van der Waals surface area contributed by atoms with Crippen molar-refractivity contribution in [3.05, 3.63) is 76.3 Å². The van der Waals surface area contributed by atoms with Gasteiger partial charge in [0.15, 0.2) is 0 Å². The van der Waals surface area contributed by atoms with Crippen LogP contribution in [-0.2, 0) is 58.9 Å². The Kier molecular flexibility index (Phi) is 28.6. The molecule has 3 aliphatic rings. The van der Waals surface area contributed by atoms with Gasteiger partial charge in [-0.05, 0) is 101 Å². The molecule has 0 saturated carbocycles. The van der Waals surface area contributed by atoms with E-state index in [1.807, 2.05) is 19.9 Å². The average molecular weight is 1380 g/mol. The number of urea groups is 1. The number of allylic oxidation sites excluding steroid dienone is 3. The maximum atomic E-state index is 14.6. The Bertz CT molecular complexity index is 2810. The SMILES string of the molecule is COc1cc2cc(c1Cl)N(C)C(=O)C[C@H](OC(=O)[C@H](C)N(C)C(=O)c1ccc(NC(=O)[C@H](CCCNC(N)=O)NC(=O)[C@@H](NC(=O)CCCCCNC(=O)C(CBr)CBr)C(C)C)cc1)[C@]1(C)O[C@H]1[C@H](C)[C@@H]1C[C@@](O)(NCOCO1)[C@H](OC)/C=C/C=C(\C)C2. The van der Waals surface area contributed by atoms with E-state index in [1.54, 1.807) is 52.1 Å². The largest absolute Gasteiger partial charge is 0.495 e. The normalized spacial score (nSPS) is 24.4. The van der Waals surface area contributed by atoms with Crippen molar-refractivity contribution < 1.29 is 71.9 Å². The van der Waals surface area contributed by atoms with Crippen LogP contribution in [0, 0.1) is 17.8 Å². The van der Waals surface area contributed by atoms with Crippen LogP contribution in [0.25, 0.3) is 0 Å². The van der Waals surface area contributed by atoms with Crippen molar-refractivity contribution in [3.8, 4) is 5.75 Å². The quantitative estimate of drug-likeness (QED) is 0.0254. The number of nitrogens with one attached hydrogen (secondary N) is 6. The van der Waals surface area contributed by atoms with Crippen molar-refractivity contribution in [1.82, 2.24) is 31.5 Å². The van der Waals surface area contributed by atoms with Gasteiger partial charge in [-0.3, -0.25) is 34.1 Å². The number of epoxide rings is 1. The highest BCUT2D eigenvalue weighted by Gasteiger charge is 2.64. The molecule has 0 aliphatic carbocycles. The summed E-state index contributed by atoms with van der Waals surface area (Å²) in [5, 5.41) is 30.2. The number of unbranched alkanes of at least 4 members (excludes halogenated alkanes) is 2. The molecular formula is C61H88Br2ClN9O15. The Labute approximate surface area is 537 Å². The number of rotatable bonds is 25. The van der Waals surface area contributed by atoms with E-state index >= 15 is 0 Å². The smallest absolute Gasteiger partial charge is 0.328 e. The first-order valence-electron chi connectivity index (χ1n) is 29.5. The minimum absolute atomic E-state index is 0.0222. The Morgan fingerprint density at radius 2 is 1.66 bits per heavy atom. The number of methoxy groups -OCH3 is 2. The standard InChI is InChI=1S/C61H88Br2ClN9O15/c1-35(2)52(71-49(74)19-12-11-13-24-66-54(76)41(31-62)32-63)56(78)70-43(17-15-25-67-59(65)81)55(77)69-42-22-20-40(21-23-42)57(79)72(7)38(5)58(80)87-48-29-50(75)73(8)44-27-39(28-45(83-9)51(44)64)26-36(3)16-14-18-47(84-10)61(82)30-46(86-34-85-33-68-61)37(4)53-60(48,6)88-53/h14,16,18,20-23,27-28,35,37-38,41,43,46-48,52-53,68,82H,11-13,15,17,19,24-26,29-34H2,1-10H3,(H,66,76)(H,69,77)(H,70,78)(H,71,74)(H3,65,67,81)/b18-14+,36-16+/t37-,38+,43+,46+,47-,48+,52+,53+,60+,61+/m1/s1. The second kappa shape index (κ2) is 34.5. The molecule has 27 heteroatoms. The highest BCUT2D eigenvalue weighted by Crippen LogP contribution is 2.49. The minimum Gasteiger partial charge on any atom is -0.495 e. The first kappa shape index (κ1) is 73.0. The lowest BCUT2D eigenvalue weighted by Crippen LogP contribution is -2.59. The van der Waals surface area contributed by atoms with E-state index in [9.17, 15) is 43.5 Å². The van der Waals surface area contributed by atoms with Crippen molar-refractivity contribution in [1.29, 1.82) is 0 Å². The summed E-state index contributed by atoms with van der Waals surface area (Å²) in [6.45, 7) is 11.0. The number of nitrogens with two attached hydrogens (primary N) is 1. The van der Waals surface area contributed by atoms with Crippen molar-refractivity contribution in [2.24, 2.45) is 23.5 Å². The lowest BCUT2D eigenvalue weighted by atomic mass is 9.84. The second-order valence-electron chi connectivity index (χ2n) is 23.1. The summed E-state index contributed by atoms with van der Waals surface area (Å²) in [7, 11) is 5.94. The Balaban J connectivity index is 1.30. The minimum atomic E-state index is -1.68. The van der Waals surface area contributed by atoms with Crippen LogP contribution in [0.2, 0.25) is 5.02 Å². The number of alkyl halides is 2. The molecule has 24 nitrogen and oxygen atoms in total. The molecule has 10 atom stereocenters. The summed E-state index contributed by atoms with van der Waals surface area (Å²) in [5.41, 5.74) is 4.73. The van der Waals surface area contributed by atoms with Gasteiger partial charge in [0, 0.05) is 75.0 Å². The van der Waals surface area contributed by atoms with Crippen LogP contribution >= 0.6 is 43.5 Å². The van der Waals surface area contributed by atoms with E-state index in [-0.39, 0.29) is 92.1 Å². The van der Waals surface area contributed by atoms with Crippen molar-refractivity contribution in [3.63, 3.8) is 0 Å². The fourth-order valence-corrected chi connectivity index (χ4v) is 12.4. The van der Waals surface area contributed by atoms with Gasteiger partial charge in [0.1, 0.15) is 66.0 Å². The van der Waals surface area contributed by atoms with Crippen LogP contribution in [0.15, 0.2) is 60.2 Å². The van der Waals surface area contributed by atoms with Crippen LogP contribution in [0.3, 0.4) is 0 Å². The van der Waals surface area contributed by atoms with Crippen LogP contribution in [0.4, 0.5) is 16.2 Å². The van der Waals surface area contributed by atoms with Gasteiger partial charge in [0.25, 0.3) is 5.91 Å². The van der Waals surface area contributed by atoms with Gasteiger partial charge in [-0.15, -0.1) is 0 Å². The molecule has 2 saturated heterocycles. The molecule has 0 unspecified atom stereocenters. The number of fused-ring (bicyclic) bond motifs is 5. The van der Waals surface area contributed by atoms with Crippen LogP contribution in [-0.4, -0.2) is 177 Å². The fourth-order valence-electron chi connectivity index (χ4n) is 10.4. The number of hydrogen-bond donors (Lipinski definition) is 8. The van der Waals surface area contributed by atoms with E-state index < -0.39 is 95.4 Å². The molecule has 9 N–H and O–H groups in total. The number of carbonyl (C=O) groups excluding carboxylic acids is 8. The summed E-state index contributed by atoms with van der Waals surface area (Å²) < 4.78 is 36.1. The number of hydrogen-bond acceptors (Lipinski definition) is 16. The van der Waals surface area contributed by atoms with Crippen molar-refractivity contribution in [2.75, 3.05) is 75.8 Å². The fraction of sp³-hybridized carbons (Fsp3) is 0.607. The lowest BCUT2D eigenvalue weighted by Gasteiger charge is -2.40. The topological polar surface area (TPSA) is 320 Å². The zero-order chi connectivity index (χ0) is 65.0. The number of nitrogens with zero attached hydrogens (tertiary/aromatic N) is 2. The molecule has 0 aromatic heterocycles. The molecule has 88 heavy (non-hydrogen) atoms. The van der Waals surface area contributed by atoms with Crippen LogP contribution in [0.5, 0.6) is 5.75 Å². The average Bonchev–Trinajstić information content (AvgIpc) is 1.66. The highest BCUT2D eigenvalue weighted by molar-refractivity contribution is 9.09. The monoisotopic (exact) mass is 1380 g/mol. The van der Waals surface area contributed by atoms with Crippen LogP contribution < -0.4 is 47.3 Å². The Hall–Kier alpha value is -5.71. The van der Waals surface area contributed by atoms with Gasteiger partial charge in [-0.2, -0.15) is 0 Å². The zero-order valence-corrected chi connectivity index (χ0v) is 55.8. The first-order chi connectivity index (χ1) is 41.7. The molecule has 2 aromatic carbocycles. The number of likely N-dealkylation sites (N-methyl/N-ethyl adjacent to an activating group) is 1. The number of halogens is 3. The first-order valence-corrected chi connectivity index (χ1v) is 32.1. The summed E-state index contributed by atoms with van der Waals surface area (Å²) in [4.78, 5) is 110. The Morgan fingerprint density at radius 1 is 0.966 bits per heavy atom. The molecule has 2 fully saturated rings. The molecule has 0 radical (unpaired) electrons. The summed E-state index contributed by atoms with van der Waals surface area (Å²) in [5.74, 6) is -4.27. The number of carbonyl (C=O) groups is 8. The van der Waals surface area contributed by atoms with Crippen molar-refractivity contribution in [2.45, 2.75) is 153 Å². The van der Waals surface area contributed by atoms with E-state index in [2.05, 4.69) is 63.8 Å². The third-order valence-electron chi connectivity index (χ3n) is 16.1. The molecule has 3 heterocycles. The van der Waals surface area contributed by atoms with Gasteiger partial charge in [0.05, 0.1) is 37.3 Å². The van der Waals surface area contributed by atoms with Gasteiger partial charge in [0.2, 0.25) is 29.5 Å². The summed E-state index contributed by atoms with van der Waals surface area (Å²) in [6, 6.07) is 5.31. The molecule has 3 aliphatic heterocycles. The number of benzene rings is 2. The molecule has 488 valence electrons. The third-order valence-corrected chi connectivity index (χ3v) is 18.1. The van der Waals surface area contributed by atoms with Crippen molar-refractivity contribution >= 4 is 102 Å². The van der Waals surface area contributed by atoms with E-state index in [0.717, 1.165) is 11.1 Å².